The van der Waals surface area contributed by atoms with Crippen LogP contribution in [-0.2, 0) is 8.78 Å². The summed E-state index contributed by atoms with van der Waals surface area (Å²) in [6.07, 6.45) is 0. The van der Waals surface area contributed by atoms with Crippen molar-refractivity contribution in [3.05, 3.63) is 0 Å². The van der Waals surface area contributed by atoms with E-state index < -0.39 is 0 Å². The lowest BCUT2D eigenvalue weighted by atomic mass is 13.3. The Balaban J connectivity index is 2.45. The average molecular weight is 150 g/mol. The number of hydrogen-bond acceptors (Lipinski definition) is 5. The lowest BCUT2D eigenvalue weighted by Gasteiger charge is -1.79. The van der Waals surface area contributed by atoms with E-state index in [1.165, 1.54) is 5.64 Å². The second-order valence-electron chi connectivity index (χ2n) is 0.364. The molecule has 0 aliphatic heterocycles. The maximum Gasteiger partial charge on any atom is 0.353 e. The lowest BCUT2D eigenvalue weighted by Crippen LogP contribution is -2.21. The summed E-state index contributed by atoms with van der Waals surface area (Å²) < 4.78 is 25.7. The number of nitrogens with one attached hydrogen (secondary N) is 1. The summed E-state index contributed by atoms with van der Waals surface area (Å²) in [5.74, 6) is 0. The number of halogens is 2. The Morgan fingerprint density at radius 1 is 1.14 bits per heavy atom. The number of hydrogen-bond donors (Lipinski definition) is 1. The van der Waals surface area contributed by atoms with Crippen LogP contribution in [0.1, 0.15) is 0 Å². The summed E-state index contributed by atoms with van der Waals surface area (Å²) >= 11 is 0.363. The molecule has 5 nitrogen and oxygen atoms in total. The normalized spacial score (nSPS) is 9.43. The van der Waals surface area contributed by atoms with Crippen molar-refractivity contribution in [2.45, 2.75) is 0 Å². The molecule has 7 heteroatoms. The first-order chi connectivity index (χ1) is 3.41. The molecule has 0 aliphatic rings. The zero-order valence-corrected chi connectivity index (χ0v) is 4.40. The quantitative estimate of drug-likeness (QED) is 0.341. The average Bonchev–Trinajstić information content (AvgIpc) is 1.69. The van der Waals surface area contributed by atoms with Crippen molar-refractivity contribution in [2.75, 3.05) is 0 Å². The molecule has 0 saturated carbocycles. The van der Waals surface area contributed by atoms with Crippen LogP contribution in [0.25, 0.3) is 0 Å². The predicted molar refractivity (Wildman–Crippen MR) is 5.31 cm³/mol. The largest absolute Gasteiger partial charge is 0.504 e. The molecule has 0 amide bonds. The molecule has 0 aromatic carbocycles. The Morgan fingerprint density at radius 2 is 1.57 bits per heavy atom. The molecule has 0 fully saturated rings. The van der Waals surface area contributed by atoms with E-state index in [2.05, 4.69) is 8.78 Å². The van der Waals surface area contributed by atoms with Crippen LogP contribution in [0.3, 0.4) is 0 Å². The van der Waals surface area contributed by atoms with Crippen molar-refractivity contribution in [3.63, 3.8) is 0 Å². The van der Waals surface area contributed by atoms with Crippen LogP contribution in [0, 0.1) is 22.7 Å². The Labute approximate surface area is 47.3 Å². The van der Waals surface area contributed by atoms with Crippen molar-refractivity contribution in [1.82, 2.24) is 5.64 Å². The Bertz CT molecular complexity index is 28.9. The van der Waals surface area contributed by atoms with Crippen LogP contribution in [0.4, 0.5) is 0 Å². The van der Waals surface area contributed by atoms with Crippen LogP contribution in [-0.4, -0.2) is 0 Å². The molecule has 44 valence electrons. The molecule has 7 heavy (non-hydrogen) atoms. The van der Waals surface area contributed by atoms with Gasteiger partial charge in [0, 0.05) is 14.4 Å². The van der Waals surface area contributed by atoms with E-state index in [0.29, 0.717) is 0 Å². The van der Waals surface area contributed by atoms with Crippen molar-refractivity contribution in [3.8, 4) is 0 Å². The first-order valence-electron chi connectivity index (χ1n) is 1.03. The van der Waals surface area contributed by atoms with Gasteiger partial charge in [0.15, 0.2) is 0 Å². The summed E-state index contributed by atoms with van der Waals surface area (Å²) in [5, 5.41) is 0. The number of rotatable bonds is 4. The molecular weight excluding hydrogens is 149 g/mol. The van der Waals surface area contributed by atoms with Gasteiger partial charge >= 0.3 is 22.7 Å². The molecule has 0 unspecified atom stereocenters. The third-order valence-electron chi connectivity index (χ3n) is 0.126. The molecule has 0 heterocycles. The fraction of sp³-hybridized carbons (Fsp3) is 0. The molecule has 0 spiro atoms. The van der Waals surface area contributed by atoms with Gasteiger partial charge in [-0.15, -0.1) is 0 Å². The van der Waals surface area contributed by atoms with Gasteiger partial charge in [0.2, 0.25) is 0 Å². The smallest absolute Gasteiger partial charge is 0.353 e. The SMILES string of the molecule is [O-][Cl+]ONO[Cl+][O-]. The van der Waals surface area contributed by atoms with Crippen molar-refractivity contribution in [1.29, 1.82) is 0 Å². The highest BCUT2D eigenvalue weighted by atomic mass is 35.6. The van der Waals surface area contributed by atoms with E-state index >= 15 is 0 Å². The summed E-state index contributed by atoms with van der Waals surface area (Å²) in [6.45, 7) is 0. The molecular formula is HCl2NO4. The van der Waals surface area contributed by atoms with E-state index in [-0.39, 0.29) is 22.7 Å². The molecule has 0 aromatic heterocycles. The maximum atomic E-state index is 9.18. The van der Waals surface area contributed by atoms with Crippen LogP contribution in [0.2, 0.25) is 0 Å². The van der Waals surface area contributed by atoms with E-state index in [9.17, 15) is 9.32 Å². The molecule has 0 bridgehead atoms. The predicted octanol–water partition coefficient (Wildman–Crippen LogP) is -3.01. The summed E-state index contributed by atoms with van der Waals surface area (Å²) in [7, 11) is 0. The van der Waals surface area contributed by atoms with E-state index in [1.54, 1.807) is 0 Å². The minimum absolute atomic E-state index is 0.181. The lowest BCUT2D eigenvalue weighted by molar-refractivity contribution is -1.31. The second-order valence-corrected chi connectivity index (χ2v) is 0.924. The highest BCUT2D eigenvalue weighted by Gasteiger charge is 1.94. The highest BCUT2D eigenvalue weighted by Crippen LogP contribution is 1.60. The van der Waals surface area contributed by atoms with Crippen LogP contribution in [0.5, 0.6) is 0 Å². The molecule has 0 rings (SSSR count). The summed E-state index contributed by atoms with van der Waals surface area (Å²) in [4.78, 5) is 0. The van der Waals surface area contributed by atoms with Gasteiger partial charge in [0.25, 0.3) is 0 Å². The molecule has 1 N–H and O–H groups in total. The first-order valence-corrected chi connectivity index (χ1v) is 2.26. The summed E-state index contributed by atoms with van der Waals surface area (Å²) in [5.41, 5.74) is 1.54. The Morgan fingerprint density at radius 3 is 1.86 bits per heavy atom. The molecule has 0 aromatic rings. The van der Waals surface area contributed by atoms with Gasteiger partial charge in [-0.1, -0.05) is 0 Å². The minimum Gasteiger partial charge on any atom is -0.504 e. The van der Waals surface area contributed by atoms with Crippen LogP contribution < -0.4 is 15.0 Å². The van der Waals surface area contributed by atoms with Crippen LogP contribution in [0.15, 0.2) is 0 Å². The monoisotopic (exact) mass is 149 g/mol. The van der Waals surface area contributed by atoms with Gasteiger partial charge < -0.3 is 9.32 Å². The van der Waals surface area contributed by atoms with Gasteiger partial charge in [-0.3, -0.25) is 0 Å². The first kappa shape index (κ1) is 7.38. The van der Waals surface area contributed by atoms with Crippen molar-refractivity contribution in [2.24, 2.45) is 0 Å². The van der Waals surface area contributed by atoms with Crippen molar-refractivity contribution < 1.29 is 40.7 Å². The van der Waals surface area contributed by atoms with Gasteiger partial charge in [-0.25, -0.2) is 0 Å². The van der Waals surface area contributed by atoms with Gasteiger partial charge in [-0.2, -0.15) is 0 Å². The minimum atomic E-state index is 0.181. The zero-order chi connectivity index (χ0) is 5.54. The maximum absolute atomic E-state index is 9.18. The third kappa shape index (κ3) is 6.38. The molecule has 0 saturated heterocycles. The van der Waals surface area contributed by atoms with E-state index in [0.717, 1.165) is 0 Å². The fourth-order valence-corrected chi connectivity index (χ4v) is 0.184. The summed E-state index contributed by atoms with van der Waals surface area (Å²) in [6, 6.07) is 0. The molecule has 0 radical (unpaired) electrons. The fourth-order valence-electron chi connectivity index (χ4n) is 0.0376. The Hall–Kier alpha value is 0.380. The van der Waals surface area contributed by atoms with E-state index in [1.807, 2.05) is 0 Å². The van der Waals surface area contributed by atoms with E-state index in [4.69, 9.17) is 0 Å². The van der Waals surface area contributed by atoms with Crippen molar-refractivity contribution >= 4 is 0 Å². The third-order valence-corrected chi connectivity index (χ3v) is 0.378. The van der Waals surface area contributed by atoms with Gasteiger partial charge in [-0.05, 0) is 0 Å². The second kappa shape index (κ2) is 6.38. The topological polar surface area (TPSA) is 76.6 Å². The van der Waals surface area contributed by atoms with Crippen LogP contribution >= 0.6 is 0 Å². The molecule has 0 atom stereocenters. The van der Waals surface area contributed by atoms with Gasteiger partial charge in [0.1, 0.15) is 0 Å². The highest BCUT2D eigenvalue weighted by molar-refractivity contribution is 3.26. The standard InChI is InChI=1S/Cl2HNO4/c4-1-6-3-7-2-5/h3H. The molecule has 0 aliphatic carbocycles. The zero-order valence-electron chi connectivity index (χ0n) is 2.89. The van der Waals surface area contributed by atoms with Gasteiger partial charge in [0.05, 0.1) is 0 Å². The Kier molecular flexibility index (Phi) is 6.73.